The average Bonchev–Trinajstić information content (AvgIpc) is 2.70. The van der Waals surface area contributed by atoms with Crippen LogP contribution in [-0.2, 0) is 12.8 Å². The molecular weight excluding hydrogens is 348 g/mol. The Labute approximate surface area is 166 Å². The van der Waals surface area contributed by atoms with Gasteiger partial charge in [-0.3, -0.25) is 9.78 Å². The van der Waals surface area contributed by atoms with E-state index in [0.717, 1.165) is 47.8 Å². The summed E-state index contributed by atoms with van der Waals surface area (Å²) in [5.41, 5.74) is 4.30. The monoisotopic (exact) mass is 374 g/mol. The highest BCUT2D eigenvalue weighted by Crippen LogP contribution is 2.24. The molecule has 1 N–H and O–H groups in total. The number of rotatable bonds is 7. The lowest BCUT2D eigenvalue weighted by molar-refractivity contribution is 0.102. The van der Waals surface area contributed by atoms with E-state index in [1.54, 1.807) is 0 Å². The highest BCUT2D eigenvalue weighted by molar-refractivity contribution is 6.05. The number of amides is 1. The van der Waals surface area contributed by atoms with Crippen molar-refractivity contribution >= 4 is 11.6 Å². The maximum atomic E-state index is 12.5. The third-order valence-corrected chi connectivity index (χ3v) is 4.54. The molecule has 0 saturated heterocycles. The molecule has 3 aromatic rings. The molecular formula is C24H26N2O2. The van der Waals surface area contributed by atoms with Gasteiger partial charge in [0.15, 0.2) is 0 Å². The van der Waals surface area contributed by atoms with E-state index in [-0.39, 0.29) is 5.91 Å². The average molecular weight is 374 g/mol. The molecule has 0 aliphatic carbocycles. The summed E-state index contributed by atoms with van der Waals surface area (Å²) in [5.74, 6) is 1.39. The van der Waals surface area contributed by atoms with E-state index >= 15 is 0 Å². The SMILES string of the molecule is CCCc1cccc(Oc2ccc(NC(=O)c3ccc(CC)nc3C)cc2)c1. The molecule has 0 saturated carbocycles. The van der Waals surface area contributed by atoms with Crippen LogP contribution in [-0.4, -0.2) is 10.9 Å². The van der Waals surface area contributed by atoms with Crippen LogP contribution in [0.5, 0.6) is 11.5 Å². The van der Waals surface area contributed by atoms with E-state index < -0.39 is 0 Å². The summed E-state index contributed by atoms with van der Waals surface area (Å²) in [4.78, 5) is 17.0. The van der Waals surface area contributed by atoms with Crippen LogP contribution in [0.2, 0.25) is 0 Å². The Bertz CT molecular complexity index is 949. The van der Waals surface area contributed by atoms with E-state index in [0.29, 0.717) is 5.56 Å². The van der Waals surface area contributed by atoms with Gasteiger partial charge in [-0.05, 0) is 73.9 Å². The fraction of sp³-hybridized carbons (Fsp3) is 0.250. The van der Waals surface area contributed by atoms with E-state index in [4.69, 9.17) is 4.74 Å². The number of aryl methyl sites for hydroxylation is 3. The van der Waals surface area contributed by atoms with Crippen LogP contribution in [0.3, 0.4) is 0 Å². The number of hydrogen-bond acceptors (Lipinski definition) is 3. The molecule has 0 spiro atoms. The van der Waals surface area contributed by atoms with Crippen LogP contribution in [0.4, 0.5) is 5.69 Å². The number of ether oxygens (including phenoxy) is 1. The maximum absolute atomic E-state index is 12.5. The first-order valence-corrected chi connectivity index (χ1v) is 9.73. The lowest BCUT2D eigenvalue weighted by Crippen LogP contribution is -2.14. The van der Waals surface area contributed by atoms with Gasteiger partial charge in [0, 0.05) is 11.4 Å². The molecule has 28 heavy (non-hydrogen) atoms. The van der Waals surface area contributed by atoms with Crippen molar-refractivity contribution in [3.8, 4) is 11.5 Å². The lowest BCUT2D eigenvalue weighted by atomic mass is 10.1. The van der Waals surface area contributed by atoms with E-state index in [2.05, 4.69) is 29.4 Å². The van der Waals surface area contributed by atoms with Gasteiger partial charge in [0.05, 0.1) is 11.3 Å². The Morgan fingerprint density at radius 2 is 1.79 bits per heavy atom. The normalized spacial score (nSPS) is 10.5. The summed E-state index contributed by atoms with van der Waals surface area (Å²) >= 11 is 0. The zero-order valence-corrected chi connectivity index (χ0v) is 16.7. The molecule has 1 aromatic heterocycles. The fourth-order valence-electron chi connectivity index (χ4n) is 3.04. The molecule has 1 heterocycles. The van der Waals surface area contributed by atoms with E-state index in [1.807, 2.05) is 62.4 Å². The van der Waals surface area contributed by atoms with Gasteiger partial charge < -0.3 is 10.1 Å². The van der Waals surface area contributed by atoms with Gasteiger partial charge in [-0.25, -0.2) is 0 Å². The summed E-state index contributed by atoms with van der Waals surface area (Å²) in [6.45, 7) is 6.07. The number of anilines is 1. The number of nitrogens with zero attached hydrogens (tertiary/aromatic N) is 1. The minimum atomic E-state index is -0.159. The van der Waals surface area contributed by atoms with Gasteiger partial charge in [-0.15, -0.1) is 0 Å². The van der Waals surface area contributed by atoms with Crippen molar-refractivity contribution in [2.24, 2.45) is 0 Å². The van der Waals surface area contributed by atoms with Gasteiger partial charge in [0.1, 0.15) is 11.5 Å². The Kier molecular flexibility index (Phi) is 6.43. The second kappa shape index (κ2) is 9.18. The second-order valence-corrected chi connectivity index (χ2v) is 6.77. The number of aromatic nitrogens is 1. The Hall–Kier alpha value is -3.14. The second-order valence-electron chi connectivity index (χ2n) is 6.77. The smallest absolute Gasteiger partial charge is 0.257 e. The zero-order valence-electron chi connectivity index (χ0n) is 16.7. The van der Waals surface area contributed by atoms with Gasteiger partial charge in [-0.2, -0.15) is 0 Å². The molecule has 4 heteroatoms. The van der Waals surface area contributed by atoms with Gasteiger partial charge in [0.25, 0.3) is 5.91 Å². The highest BCUT2D eigenvalue weighted by Gasteiger charge is 2.11. The summed E-state index contributed by atoms with van der Waals surface area (Å²) < 4.78 is 5.93. The van der Waals surface area contributed by atoms with Gasteiger partial charge >= 0.3 is 0 Å². The largest absolute Gasteiger partial charge is 0.457 e. The summed E-state index contributed by atoms with van der Waals surface area (Å²) in [7, 11) is 0. The quantitative estimate of drug-likeness (QED) is 0.556. The van der Waals surface area contributed by atoms with Crippen LogP contribution in [0, 0.1) is 6.92 Å². The van der Waals surface area contributed by atoms with Crippen LogP contribution in [0.15, 0.2) is 60.7 Å². The minimum Gasteiger partial charge on any atom is -0.457 e. The van der Waals surface area contributed by atoms with E-state index in [1.165, 1.54) is 5.56 Å². The van der Waals surface area contributed by atoms with Crippen molar-refractivity contribution in [2.45, 2.75) is 40.0 Å². The van der Waals surface area contributed by atoms with Crippen molar-refractivity contribution in [2.75, 3.05) is 5.32 Å². The van der Waals surface area contributed by atoms with Crippen molar-refractivity contribution in [3.63, 3.8) is 0 Å². The van der Waals surface area contributed by atoms with Gasteiger partial charge in [0.2, 0.25) is 0 Å². The molecule has 0 unspecified atom stereocenters. The number of carbonyl (C=O) groups excluding carboxylic acids is 1. The highest BCUT2D eigenvalue weighted by atomic mass is 16.5. The van der Waals surface area contributed by atoms with Crippen LogP contribution in [0.25, 0.3) is 0 Å². The molecule has 0 aliphatic rings. The fourth-order valence-corrected chi connectivity index (χ4v) is 3.04. The first-order chi connectivity index (χ1) is 13.6. The number of nitrogens with one attached hydrogen (secondary N) is 1. The first kappa shape index (κ1) is 19.6. The molecule has 3 rings (SSSR count). The number of benzene rings is 2. The molecule has 0 radical (unpaired) electrons. The molecule has 0 bridgehead atoms. The minimum absolute atomic E-state index is 0.159. The standard InChI is InChI=1S/C24H26N2O2/c1-4-7-18-8-6-9-22(16-18)28-21-13-10-20(11-14-21)26-24(27)23-15-12-19(5-2)25-17(23)3/h6,8-16H,4-5,7H2,1-3H3,(H,26,27). The summed E-state index contributed by atoms with van der Waals surface area (Å²) in [6, 6.07) is 19.2. The third kappa shape index (κ3) is 4.97. The van der Waals surface area contributed by atoms with Crippen molar-refractivity contribution in [1.82, 2.24) is 4.98 Å². The van der Waals surface area contributed by atoms with Crippen LogP contribution < -0.4 is 10.1 Å². The number of hydrogen-bond donors (Lipinski definition) is 1. The third-order valence-electron chi connectivity index (χ3n) is 4.54. The van der Waals surface area contributed by atoms with Gasteiger partial charge in [-0.1, -0.05) is 32.4 Å². The Balaban J connectivity index is 1.66. The van der Waals surface area contributed by atoms with Crippen LogP contribution >= 0.6 is 0 Å². The number of carbonyl (C=O) groups is 1. The molecule has 0 atom stereocenters. The van der Waals surface area contributed by atoms with Crippen LogP contribution in [0.1, 0.15) is 47.6 Å². The molecule has 0 fully saturated rings. The molecule has 144 valence electrons. The summed E-state index contributed by atoms with van der Waals surface area (Å²) in [5, 5.41) is 2.92. The lowest BCUT2D eigenvalue weighted by Gasteiger charge is -2.10. The molecule has 2 aromatic carbocycles. The topological polar surface area (TPSA) is 51.2 Å². The summed E-state index contributed by atoms with van der Waals surface area (Å²) in [6.07, 6.45) is 3.00. The predicted octanol–water partition coefficient (Wildman–Crippen LogP) is 5.95. The Morgan fingerprint density at radius 3 is 2.46 bits per heavy atom. The molecule has 1 amide bonds. The van der Waals surface area contributed by atoms with Crippen molar-refractivity contribution in [3.05, 3.63) is 83.2 Å². The van der Waals surface area contributed by atoms with Crippen molar-refractivity contribution < 1.29 is 9.53 Å². The maximum Gasteiger partial charge on any atom is 0.257 e. The van der Waals surface area contributed by atoms with Crippen molar-refractivity contribution in [1.29, 1.82) is 0 Å². The zero-order chi connectivity index (χ0) is 19.9. The molecule has 4 nitrogen and oxygen atoms in total. The number of pyridine rings is 1. The van der Waals surface area contributed by atoms with E-state index in [9.17, 15) is 4.79 Å². The first-order valence-electron chi connectivity index (χ1n) is 9.73. The predicted molar refractivity (Wildman–Crippen MR) is 113 cm³/mol. The Morgan fingerprint density at radius 1 is 1.00 bits per heavy atom. The molecule has 0 aliphatic heterocycles.